The molecule has 0 radical (unpaired) electrons. The van der Waals surface area contributed by atoms with Crippen molar-refractivity contribution < 1.29 is 9.21 Å². The summed E-state index contributed by atoms with van der Waals surface area (Å²) >= 11 is 0. The summed E-state index contributed by atoms with van der Waals surface area (Å²) in [5, 5.41) is 1.20. The van der Waals surface area contributed by atoms with E-state index in [0.29, 0.717) is 17.9 Å². The van der Waals surface area contributed by atoms with Crippen molar-refractivity contribution in [3.8, 4) is 0 Å². The molecule has 0 unspecified atom stereocenters. The summed E-state index contributed by atoms with van der Waals surface area (Å²) in [6.45, 7) is 3.10. The lowest BCUT2D eigenvalue weighted by Gasteiger charge is -2.36. The zero-order chi connectivity index (χ0) is 18.4. The van der Waals surface area contributed by atoms with Crippen molar-refractivity contribution in [2.45, 2.75) is 70.8 Å². The van der Waals surface area contributed by atoms with Crippen LogP contribution in [-0.4, -0.2) is 23.4 Å². The molecule has 0 saturated heterocycles. The number of amides is 1. The van der Waals surface area contributed by atoms with E-state index in [1.165, 1.54) is 42.2 Å². The van der Waals surface area contributed by atoms with Crippen molar-refractivity contribution in [2.75, 3.05) is 6.54 Å². The summed E-state index contributed by atoms with van der Waals surface area (Å²) in [5.41, 5.74) is 3.80. The molecule has 144 valence electrons. The molecule has 3 nitrogen and oxygen atoms in total. The van der Waals surface area contributed by atoms with Crippen molar-refractivity contribution in [1.29, 1.82) is 0 Å². The standard InChI is InChI=1S/C24H31NO2/c1-2-10-25(24(26)15-22(16-3-4-16)17-5-6-17)21-8-7-18-12-19-9-11-27-23(19)14-20(18)13-21/h9,11-12,14,16-17,21-22H,2-8,10,13,15H2,1H3/t21-/m0/s1. The van der Waals surface area contributed by atoms with Crippen molar-refractivity contribution in [1.82, 2.24) is 4.90 Å². The first kappa shape index (κ1) is 17.3. The number of hydrogen-bond donors (Lipinski definition) is 0. The van der Waals surface area contributed by atoms with E-state index in [2.05, 4.69) is 24.0 Å². The Balaban J connectivity index is 1.33. The first-order valence-electron chi connectivity index (χ1n) is 11.0. The second kappa shape index (κ2) is 7.00. The van der Waals surface area contributed by atoms with Crippen molar-refractivity contribution in [3.63, 3.8) is 0 Å². The molecular weight excluding hydrogens is 334 g/mol. The highest BCUT2D eigenvalue weighted by Crippen LogP contribution is 2.51. The third-order valence-electron chi connectivity index (χ3n) is 7.07. The van der Waals surface area contributed by atoms with E-state index in [0.717, 1.165) is 56.1 Å². The SMILES string of the molecule is CCCN(C(=O)CC(C1CC1)C1CC1)[C@H]1CCc2cc3ccoc3cc2C1. The monoisotopic (exact) mass is 365 g/mol. The van der Waals surface area contributed by atoms with Crippen LogP contribution in [0.4, 0.5) is 0 Å². The molecule has 1 heterocycles. The minimum absolute atomic E-state index is 0.358. The van der Waals surface area contributed by atoms with Gasteiger partial charge in [0.15, 0.2) is 0 Å². The number of carbonyl (C=O) groups is 1. The van der Waals surface area contributed by atoms with Crippen LogP contribution in [0.5, 0.6) is 0 Å². The topological polar surface area (TPSA) is 33.5 Å². The van der Waals surface area contributed by atoms with Crippen LogP contribution in [0.25, 0.3) is 11.0 Å². The van der Waals surface area contributed by atoms with Crippen LogP contribution < -0.4 is 0 Å². The highest BCUT2D eigenvalue weighted by atomic mass is 16.3. The summed E-state index contributed by atoms with van der Waals surface area (Å²) in [4.78, 5) is 15.5. The molecule has 27 heavy (non-hydrogen) atoms. The predicted octanol–water partition coefficient (Wildman–Crippen LogP) is 5.36. The molecular formula is C24H31NO2. The Morgan fingerprint density at radius 1 is 1.15 bits per heavy atom. The second-order valence-corrected chi connectivity index (χ2v) is 9.11. The molecule has 2 fully saturated rings. The van der Waals surface area contributed by atoms with Crippen LogP contribution in [0.3, 0.4) is 0 Å². The van der Waals surface area contributed by atoms with Crippen LogP contribution in [-0.2, 0) is 17.6 Å². The maximum atomic E-state index is 13.3. The molecule has 2 aromatic rings. The smallest absolute Gasteiger partial charge is 0.223 e. The molecule has 1 aromatic carbocycles. The van der Waals surface area contributed by atoms with E-state index >= 15 is 0 Å². The van der Waals surface area contributed by atoms with Gasteiger partial charge in [0.2, 0.25) is 5.91 Å². The number of benzene rings is 1. The Labute approximate surface area is 162 Å². The van der Waals surface area contributed by atoms with E-state index in [-0.39, 0.29) is 0 Å². The van der Waals surface area contributed by atoms with Crippen LogP contribution in [0, 0.1) is 17.8 Å². The van der Waals surface area contributed by atoms with E-state index in [9.17, 15) is 4.79 Å². The van der Waals surface area contributed by atoms with Gasteiger partial charge in [0, 0.05) is 24.4 Å². The first-order valence-corrected chi connectivity index (χ1v) is 11.0. The highest BCUT2D eigenvalue weighted by molar-refractivity contribution is 5.79. The summed E-state index contributed by atoms with van der Waals surface area (Å²) in [6, 6.07) is 6.90. The van der Waals surface area contributed by atoms with Gasteiger partial charge in [-0.25, -0.2) is 0 Å². The van der Waals surface area contributed by atoms with Gasteiger partial charge in [0.25, 0.3) is 0 Å². The zero-order valence-corrected chi connectivity index (χ0v) is 16.5. The average molecular weight is 366 g/mol. The third-order valence-corrected chi connectivity index (χ3v) is 7.07. The minimum atomic E-state index is 0.358. The fourth-order valence-electron chi connectivity index (χ4n) is 5.30. The molecule has 2 saturated carbocycles. The van der Waals surface area contributed by atoms with Gasteiger partial charge in [-0.3, -0.25) is 4.79 Å². The lowest BCUT2D eigenvalue weighted by molar-refractivity contribution is -0.135. The molecule has 5 rings (SSSR count). The quantitative estimate of drug-likeness (QED) is 0.662. The Kier molecular flexibility index (Phi) is 4.49. The maximum absolute atomic E-state index is 13.3. The third kappa shape index (κ3) is 3.53. The average Bonchev–Trinajstić information content (AvgIpc) is 3.60. The van der Waals surface area contributed by atoms with Gasteiger partial charge in [-0.05, 0) is 98.4 Å². The van der Waals surface area contributed by atoms with E-state index in [1.807, 2.05) is 6.07 Å². The summed E-state index contributed by atoms with van der Waals surface area (Å²) < 4.78 is 5.61. The molecule has 1 atom stereocenters. The Morgan fingerprint density at radius 3 is 2.63 bits per heavy atom. The fraction of sp³-hybridized carbons (Fsp3) is 0.625. The number of aryl methyl sites for hydroxylation is 1. The van der Waals surface area contributed by atoms with Gasteiger partial charge in [-0.15, -0.1) is 0 Å². The number of rotatable bonds is 7. The van der Waals surface area contributed by atoms with Gasteiger partial charge in [-0.2, -0.15) is 0 Å². The van der Waals surface area contributed by atoms with E-state index in [1.54, 1.807) is 6.26 Å². The maximum Gasteiger partial charge on any atom is 0.223 e. The van der Waals surface area contributed by atoms with E-state index < -0.39 is 0 Å². The molecule has 1 aromatic heterocycles. The Hall–Kier alpha value is -1.77. The molecule has 0 bridgehead atoms. The summed E-state index contributed by atoms with van der Waals surface area (Å²) in [7, 11) is 0. The van der Waals surface area contributed by atoms with E-state index in [4.69, 9.17) is 4.42 Å². The number of nitrogens with zero attached hydrogens (tertiary/aromatic N) is 1. The van der Waals surface area contributed by atoms with Gasteiger partial charge in [-0.1, -0.05) is 6.92 Å². The molecule has 3 heteroatoms. The number of carbonyl (C=O) groups excluding carboxylic acids is 1. The summed E-state index contributed by atoms with van der Waals surface area (Å²) in [5.74, 6) is 2.80. The molecule has 3 aliphatic rings. The fourth-order valence-corrected chi connectivity index (χ4v) is 5.30. The Morgan fingerprint density at radius 2 is 1.93 bits per heavy atom. The van der Waals surface area contributed by atoms with Crippen LogP contribution in [0.2, 0.25) is 0 Å². The zero-order valence-electron chi connectivity index (χ0n) is 16.5. The van der Waals surface area contributed by atoms with Crippen molar-refractivity contribution in [2.24, 2.45) is 17.8 Å². The van der Waals surface area contributed by atoms with Gasteiger partial charge >= 0.3 is 0 Å². The predicted molar refractivity (Wildman–Crippen MR) is 108 cm³/mol. The molecule has 0 aliphatic heterocycles. The largest absolute Gasteiger partial charge is 0.464 e. The normalized spacial score (nSPS) is 22.2. The van der Waals surface area contributed by atoms with Crippen molar-refractivity contribution in [3.05, 3.63) is 35.6 Å². The lowest BCUT2D eigenvalue weighted by atomic mass is 9.86. The highest BCUT2D eigenvalue weighted by Gasteiger charge is 2.43. The molecule has 1 amide bonds. The van der Waals surface area contributed by atoms with Crippen LogP contribution >= 0.6 is 0 Å². The minimum Gasteiger partial charge on any atom is -0.464 e. The Bertz CT molecular complexity index is 818. The van der Waals surface area contributed by atoms with Gasteiger partial charge in [0.05, 0.1) is 6.26 Å². The second-order valence-electron chi connectivity index (χ2n) is 9.11. The van der Waals surface area contributed by atoms with Crippen LogP contribution in [0.1, 0.15) is 63.0 Å². The first-order chi connectivity index (χ1) is 13.2. The van der Waals surface area contributed by atoms with Gasteiger partial charge < -0.3 is 9.32 Å². The molecule has 0 spiro atoms. The molecule has 3 aliphatic carbocycles. The molecule has 0 N–H and O–H groups in total. The van der Waals surface area contributed by atoms with Crippen molar-refractivity contribution >= 4 is 16.9 Å². The van der Waals surface area contributed by atoms with Gasteiger partial charge in [0.1, 0.15) is 5.58 Å². The number of hydrogen-bond acceptors (Lipinski definition) is 2. The summed E-state index contributed by atoms with van der Waals surface area (Å²) in [6.07, 6.45) is 12.2. The number of furan rings is 1. The number of fused-ring (bicyclic) bond motifs is 2. The lowest BCUT2D eigenvalue weighted by Crippen LogP contribution is -2.44. The van der Waals surface area contributed by atoms with Crippen LogP contribution in [0.15, 0.2) is 28.9 Å².